The van der Waals surface area contributed by atoms with E-state index in [9.17, 15) is 39.9 Å². The summed E-state index contributed by atoms with van der Waals surface area (Å²) >= 11 is 0. The van der Waals surface area contributed by atoms with Gasteiger partial charge in [-0.3, -0.25) is 0 Å². The fourth-order valence-corrected chi connectivity index (χ4v) is 1.70. The molecule has 1 rings (SSSR count). The number of hydrogen-bond acceptors (Lipinski definition) is 10. The molecule has 12 nitrogen and oxygen atoms in total. The molecule has 0 fully saturated rings. The van der Waals surface area contributed by atoms with E-state index in [1.165, 1.54) is 0 Å². The van der Waals surface area contributed by atoms with Gasteiger partial charge in [0.15, 0.2) is 35.6 Å². The molecule has 0 saturated heterocycles. The van der Waals surface area contributed by atoms with Crippen LogP contribution in [0.1, 0.15) is 10.4 Å². The summed E-state index contributed by atoms with van der Waals surface area (Å²) < 4.78 is 4.50. The molecule has 138 valence electrons. The van der Waals surface area contributed by atoms with Crippen molar-refractivity contribution in [3.63, 3.8) is 0 Å². The highest BCUT2D eigenvalue weighted by Gasteiger charge is 2.41. The number of carboxylic acids is 2. The number of aliphatic carboxylic acids is 2. The highest BCUT2D eigenvalue weighted by molar-refractivity contribution is 5.91. The second kappa shape index (κ2) is 7.65. The molecule has 0 spiro atoms. The number of esters is 1. The van der Waals surface area contributed by atoms with Gasteiger partial charge in [-0.25, -0.2) is 14.4 Å². The van der Waals surface area contributed by atoms with Gasteiger partial charge in [-0.1, -0.05) is 0 Å². The van der Waals surface area contributed by atoms with E-state index >= 15 is 0 Å². The summed E-state index contributed by atoms with van der Waals surface area (Å²) in [5, 5.41) is 73.5. The van der Waals surface area contributed by atoms with Crippen LogP contribution in [-0.2, 0) is 14.3 Å². The number of carbonyl (C=O) groups is 3. The van der Waals surface area contributed by atoms with E-state index in [0.717, 1.165) is 0 Å². The van der Waals surface area contributed by atoms with Crippen LogP contribution < -0.4 is 0 Å². The molecule has 0 unspecified atom stereocenters. The number of carboxylic acid groups (broad SMARTS) is 2. The first kappa shape index (κ1) is 20.0. The van der Waals surface area contributed by atoms with Crippen molar-refractivity contribution in [2.24, 2.45) is 0 Å². The molecule has 0 heterocycles. The SMILES string of the molecule is O=C(O[C@@H]([C@@H](O)[C@H](O)C(=O)O)[C@@H](O)C(=O)O)c1cc(O)c(O)c(O)c1. The lowest BCUT2D eigenvalue weighted by molar-refractivity contribution is -0.173. The third-order valence-electron chi connectivity index (χ3n) is 3.03. The number of carbonyl (C=O) groups excluding carboxylic acids is 1. The monoisotopic (exact) mass is 362 g/mol. The molecule has 12 heteroatoms. The Morgan fingerprint density at radius 2 is 1.28 bits per heavy atom. The predicted octanol–water partition coefficient (Wildman–Crippen LogP) is -2.42. The highest BCUT2D eigenvalue weighted by Crippen LogP contribution is 2.35. The van der Waals surface area contributed by atoms with Crippen LogP contribution in [0.4, 0.5) is 0 Å². The van der Waals surface area contributed by atoms with Crippen molar-refractivity contribution in [1.82, 2.24) is 0 Å². The molecule has 0 aliphatic rings. The van der Waals surface area contributed by atoms with Gasteiger partial charge < -0.3 is 45.6 Å². The second-order valence-electron chi connectivity index (χ2n) is 4.79. The summed E-state index contributed by atoms with van der Waals surface area (Å²) in [6.07, 6.45) is -10.1. The largest absolute Gasteiger partial charge is 0.504 e. The molecule has 4 atom stereocenters. The Kier molecular flexibility index (Phi) is 6.11. The van der Waals surface area contributed by atoms with E-state index in [2.05, 4.69) is 4.74 Å². The van der Waals surface area contributed by atoms with Gasteiger partial charge in [-0.05, 0) is 12.1 Å². The topological polar surface area (TPSA) is 222 Å². The number of aliphatic hydroxyl groups is 3. The zero-order valence-electron chi connectivity index (χ0n) is 12.2. The van der Waals surface area contributed by atoms with Gasteiger partial charge in [0.05, 0.1) is 5.56 Å². The van der Waals surface area contributed by atoms with Gasteiger partial charge in [0.25, 0.3) is 0 Å². The van der Waals surface area contributed by atoms with Gasteiger partial charge in [0, 0.05) is 0 Å². The van der Waals surface area contributed by atoms with E-state index in [1.807, 2.05) is 0 Å². The molecule has 0 aromatic heterocycles. The lowest BCUT2D eigenvalue weighted by Crippen LogP contribution is -2.52. The Hall–Kier alpha value is -3.09. The predicted molar refractivity (Wildman–Crippen MR) is 73.9 cm³/mol. The average Bonchev–Trinajstić information content (AvgIpc) is 2.54. The van der Waals surface area contributed by atoms with Gasteiger partial charge in [-0.15, -0.1) is 0 Å². The van der Waals surface area contributed by atoms with Gasteiger partial charge in [-0.2, -0.15) is 0 Å². The first-order valence-corrected chi connectivity index (χ1v) is 6.43. The minimum absolute atomic E-state index is 0.613. The zero-order valence-corrected chi connectivity index (χ0v) is 12.2. The lowest BCUT2D eigenvalue weighted by Gasteiger charge is -2.26. The summed E-state index contributed by atoms with van der Waals surface area (Å²) in [5.41, 5.74) is -0.632. The van der Waals surface area contributed by atoms with Crippen LogP contribution in [0.5, 0.6) is 17.2 Å². The van der Waals surface area contributed by atoms with Crippen LogP contribution >= 0.6 is 0 Å². The van der Waals surface area contributed by atoms with Crippen molar-refractivity contribution >= 4 is 17.9 Å². The van der Waals surface area contributed by atoms with Crippen LogP contribution in [0.25, 0.3) is 0 Å². The van der Waals surface area contributed by atoms with Crippen molar-refractivity contribution in [2.45, 2.75) is 24.4 Å². The summed E-state index contributed by atoms with van der Waals surface area (Å²) in [7, 11) is 0. The van der Waals surface area contributed by atoms with E-state index in [4.69, 9.17) is 15.3 Å². The van der Waals surface area contributed by atoms with Gasteiger partial charge in [0.2, 0.25) is 0 Å². The minimum atomic E-state index is -2.60. The average molecular weight is 362 g/mol. The Labute approximate surface area is 138 Å². The Morgan fingerprint density at radius 1 is 0.840 bits per heavy atom. The molecule has 0 aliphatic heterocycles. The van der Waals surface area contributed by atoms with Crippen LogP contribution in [0.15, 0.2) is 12.1 Å². The van der Waals surface area contributed by atoms with Crippen molar-refractivity contribution in [3.8, 4) is 17.2 Å². The maximum atomic E-state index is 11.9. The van der Waals surface area contributed by atoms with Crippen molar-refractivity contribution in [2.75, 3.05) is 0 Å². The van der Waals surface area contributed by atoms with Crippen molar-refractivity contribution in [1.29, 1.82) is 0 Å². The number of hydrogen-bond donors (Lipinski definition) is 8. The number of benzene rings is 1. The smallest absolute Gasteiger partial charge is 0.338 e. The molecular formula is C13H14O12. The third-order valence-corrected chi connectivity index (χ3v) is 3.03. The number of aromatic hydroxyl groups is 3. The van der Waals surface area contributed by atoms with Gasteiger partial charge >= 0.3 is 17.9 Å². The first-order chi connectivity index (χ1) is 11.5. The highest BCUT2D eigenvalue weighted by atomic mass is 16.6. The molecule has 8 N–H and O–H groups in total. The second-order valence-corrected chi connectivity index (χ2v) is 4.79. The third kappa shape index (κ3) is 4.47. The van der Waals surface area contributed by atoms with Crippen molar-refractivity contribution in [3.05, 3.63) is 17.7 Å². The molecular weight excluding hydrogens is 348 g/mol. The van der Waals surface area contributed by atoms with Crippen LogP contribution in [0.2, 0.25) is 0 Å². The maximum Gasteiger partial charge on any atom is 0.338 e. The maximum absolute atomic E-state index is 11.9. The van der Waals surface area contributed by atoms with E-state index < -0.39 is 65.1 Å². The molecule has 1 aromatic rings. The minimum Gasteiger partial charge on any atom is -0.504 e. The summed E-state index contributed by atoms with van der Waals surface area (Å²) in [5.74, 6) is -8.31. The number of ether oxygens (including phenoxy) is 1. The summed E-state index contributed by atoms with van der Waals surface area (Å²) in [4.78, 5) is 33.4. The Balaban J connectivity index is 3.14. The fourth-order valence-electron chi connectivity index (χ4n) is 1.70. The fraction of sp³-hybridized carbons (Fsp3) is 0.308. The Bertz CT molecular complexity index is 661. The molecule has 0 amide bonds. The summed E-state index contributed by atoms with van der Waals surface area (Å²) in [6, 6.07) is 1.23. The Morgan fingerprint density at radius 3 is 1.68 bits per heavy atom. The zero-order chi connectivity index (χ0) is 19.5. The van der Waals surface area contributed by atoms with Crippen molar-refractivity contribution < 1.29 is 60.0 Å². The number of phenolic OH excluding ortho intramolecular Hbond substituents is 3. The van der Waals surface area contributed by atoms with Crippen LogP contribution in [0, 0.1) is 0 Å². The number of rotatable bonds is 7. The van der Waals surface area contributed by atoms with Gasteiger partial charge in [0.1, 0.15) is 6.10 Å². The van der Waals surface area contributed by atoms with E-state index in [0.29, 0.717) is 12.1 Å². The molecule has 1 aromatic carbocycles. The number of aliphatic hydroxyl groups excluding tert-OH is 3. The molecule has 0 saturated carbocycles. The number of phenols is 3. The quantitative estimate of drug-likeness (QED) is 0.187. The van der Waals surface area contributed by atoms with Crippen LogP contribution in [-0.4, -0.2) is 83.2 Å². The van der Waals surface area contributed by atoms with Crippen LogP contribution in [0.3, 0.4) is 0 Å². The van der Waals surface area contributed by atoms with E-state index in [-0.39, 0.29) is 0 Å². The normalized spacial score (nSPS) is 15.6. The van der Waals surface area contributed by atoms with E-state index in [1.54, 1.807) is 0 Å². The first-order valence-electron chi connectivity index (χ1n) is 6.43. The molecule has 25 heavy (non-hydrogen) atoms. The lowest BCUT2D eigenvalue weighted by atomic mass is 10.0. The molecule has 0 radical (unpaired) electrons. The molecule has 0 bridgehead atoms. The standard InChI is InChI=1S/C13H14O12/c14-4-1-3(2-5(15)6(4)16)13(24)25-10(9(19)12(22)23)7(17)8(18)11(20)21/h1-2,7-10,14-19H,(H,20,21)(H,22,23)/t7-,8-,9+,10-/m0/s1. The summed E-state index contributed by atoms with van der Waals surface area (Å²) in [6.45, 7) is 0. The molecule has 0 aliphatic carbocycles.